The molecule has 0 unspecified atom stereocenters. The van der Waals surface area contributed by atoms with Crippen molar-refractivity contribution in [1.82, 2.24) is 14.5 Å². The Kier molecular flexibility index (Phi) is 8.17. The van der Waals surface area contributed by atoms with E-state index in [2.05, 4.69) is 15.3 Å². The average molecular weight is 530 g/mol. The summed E-state index contributed by atoms with van der Waals surface area (Å²) in [4.78, 5) is 32.0. The lowest BCUT2D eigenvalue weighted by Crippen LogP contribution is -2.27. The number of hydrogen-bond acceptors (Lipinski definition) is 6. The molecule has 36 heavy (non-hydrogen) atoms. The monoisotopic (exact) mass is 529 g/mol. The fourth-order valence-corrected chi connectivity index (χ4v) is 3.95. The molecule has 2 aromatic heterocycles. The summed E-state index contributed by atoms with van der Waals surface area (Å²) in [6.07, 6.45) is 0.569. The van der Waals surface area contributed by atoms with Crippen LogP contribution in [0.3, 0.4) is 0 Å². The highest BCUT2D eigenvalue weighted by atomic mass is 35.5. The maximum atomic E-state index is 12.5. The standard InChI is InChI=1S/C23H19Cl2N5O4.C2H6/c1-23(2,3)34-22(31)28-20-18-17(13-7-9-14(24)10-8-13)19(25)29(21(18)27-12-26-20)15-5-4-6-16(11-15)30(32)33;1-2/h4-12H,1-3H3,(H,26,27,28,31);1-2H3. The van der Waals surface area contributed by atoms with E-state index in [1.54, 1.807) is 61.7 Å². The SMILES string of the molecule is CC.CC(C)(C)OC(=O)Nc1ncnc2c1c(-c1ccc(Cl)cc1)c(Cl)n2-c1cccc([N+](=O)[O-])c1. The van der Waals surface area contributed by atoms with E-state index in [1.807, 2.05) is 13.8 Å². The quantitative estimate of drug-likeness (QED) is 0.214. The van der Waals surface area contributed by atoms with Crippen molar-refractivity contribution in [1.29, 1.82) is 0 Å². The largest absolute Gasteiger partial charge is 0.444 e. The van der Waals surface area contributed by atoms with E-state index in [1.165, 1.54) is 18.5 Å². The molecule has 0 bridgehead atoms. The van der Waals surface area contributed by atoms with Crippen LogP contribution < -0.4 is 5.32 Å². The first kappa shape index (κ1) is 26.9. The van der Waals surface area contributed by atoms with Gasteiger partial charge in [0, 0.05) is 22.7 Å². The van der Waals surface area contributed by atoms with E-state index in [4.69, 9.17) is 27.9 Å². The molecule has 0 spiro atoms. The van der Waals surface area contributed by atoms with Crippen LogP contribution in [-0.4, -0.2) is 31.2 Å². The van der Waals surface area contributed by atoms with Crippen molar-refractivity contribution in [3.05, 3.63) is 75.1 Å². The van der Waals surface area contributed by atoms with E-state index in [9.17, 15) is 14.9 Å². The van der Waals surface area contributed by atoms with E-state index < -0.39 is 16.6 Å². The Labute approximate surface area is 218 Å². The summed E-state index contributed by atoms with van der Waals surface area (Å²) in [6, 6.07) is 12.9. The van der Waals surface area contributed by atoms with Crippen LogP contribution >= 0.6 is 23.2 Å². The number of carbonyl (C=O) groups is 1. The summed E-state index contributed by atoms with van der Waals surface area (Å²) < 4.78 is 6.94. The molecule has 0 atom stereocenters. The van der Waals surface area contributed by atoms with Crippen LogP contribution in [0.25, 0.3) is 27.8 Å². The van der Waals surface area contributed by atoms with Crippen LogP contribution in [0, 0.1) is 10.1 Å². The molecule has 4 aromatic rings. The molecule has 1 N–H and O–H groups in total. The van der Waals surface area contributed by atoms with Gasteiger partial charge in [0.15, 0.2) is 5.65 Å². The Morgan fingerprint density at radius 3 is 2.36 bits per heavy atom. The first-order valence-electron chi connectivity index (χ1n) is 11.1. The van der Waals surface area contributed by atoms with Crippen molar-refractivity contribution in [3.63, 3.8) is 0 Å². The molecule has 2 heterocycles. The number of hydrogen-bond donors (Lipinski definition) is 1. The summed E-state index contributed by atoms with van der Waals surface area (Å²) in [7, 11) is 0. The van der Waals surface area contributed by atoms with Gasteiger partial charge in [0.2, 0.25) is 0 Å². The van der Waals surface area contributed by atoms with Gasteiger partial charge >= 0.3 is 6.09 Å². The second kappa shape index (κ2) is 10.9. The zero-order chi connectivity index (χ0) is 26.6. The molecule has 0 saturated heterocycles. The molecule has 0 radical (unpaired) electrons. The predicted octanol–water partition coefficient (Wildman–Crippen LogP) is 7.68. The van der Waals surface area contributed by atoms with Gasteiger partial charge in [-0.2, -0.15) is 0 Å². The summed E-state index contributed by atoms with van der Waals surface area (Å²) in [6.45, 7) is 9.24. The third-order valence-electron chi connectivity index (χ3n) is 4.74. The van der Waals surface area contributed by atoms with Crippen LogP contribution in [0.2, 0.25) is 10.2 Å². The number of amides is 1. The van der Waals surface area contributed by atoms with Crippen molar-refractivity contribution in [2.75, 3.05) is 5.32 Å². The smallest absolute Gasteiger partial charge is 0.413 e. The Bertz CT molecular complexity index is 1410. The topological polar surface area (TPSA) is 112 Å². The van der Waals surface area contributed by atoms with Gasteiger partial charge in [-0.25, -0.2) is 14.8 Å². The molecule has 2 aromatic carbocycles. The zero-order valence-corrected chi connectivity index (χ0v) is 21.9. The van der Waals surface area contributed by atoms with Crippen LogP contribution in [0.5, 0.6) is 0 Å². The van der Waals surface area contributed by atoms with Crippen molar-refractivity contribution >= 4 is 51.8 Å². The Morgan fingerprint density at radius 2 is 1.75 bits per heavy atom. The number of nitrogens with one attached hydrogen (secondary N) is 1. The molecule has 0 aliphatic heterocycles. The lowest BCUT2D eigenvalue weighted by Gasteiger charge is -2.19. The summed E-state index contributed by atoms with van der Waals surface area (Å²) >= 11 is 12.9. The van der Waals surface area contributed by atoms with Gasteiger partial charge in [-0.3, -0.25) is 20.0 Å². The minimum absolute atomic E-state index is 0.107. The highest BCUT2D eigenvalue weighted by molar-refractivity contribution is 6.36. The maximum Gasteiger partial charge on any atom is 0.413 e. The normalized spacial score (nSPS) is 11.0. The fourth-order valence-electron chi connectivity index (χ4n) is 3.44. The molecule has 11 heteroatoms. The van der Waals surface area contributed by atoms with Crippen LogP contribution in [0.4, 0.5) is 16.3 Å². The van der Waals surface area contributed by atoms with Crippen molar-refractivity contribution in [2.45, 2.75) is 40.2 Å². The number of fused-ring (bicyclic) bond motifs is 1. The van der Waals surface area contributed by atoms with E-state index in [-0.39, 0.29) is 16.7 Å². The molecule has 0 aliphatic rings. The van der Waals surface area contributed by atoms with E-state index in [0.717, 1.165) is 0 Å². The molecule has 188 valence electrons. The number of carbonyl (C=O) groups excluding carboxylic acids is 1. The van der Waals surface area contributed by atoms with Crippen molar-refractivity contribution < 1.29 is 14.5 Å². The lowest BCUT2D eigenvalue weighted by molar-refractivity contribution is -0.384. The van der Waals surface area contributed by atoms with E-state index in [0.29, 0.717) is 32.9 Å². The number of benzene rings is 2. The molecule has 0 saturated carbocycles. The van der Waals surface area contributed by atoms with E-state index >= 15 is 0 Å². The van der Waals surface area contributed by atoms with Gasteiger partial charge in [-0.1, -0.05) is 55.2 Å². The molecule has 4 rings (SSSR count). The van der Waals surface area contributed by atoms with Crippen LogP contribution in [0.15, 0.2) is 54.9 Å². The van der Waals surface area contributed by atoms with Gasteiger partial charge in [-0.05, 0) is 44.5 Å². The van der Waals surface area contributed by atoms with Crippen molar-refractivity contribution in [3.8, 4) is 16.8 Å². The Balaban J connectivity index is 0.00000176. The molecular weight excluding hydrogens is 505 g/mol. The average Bonchev–Trinajstić information content (AvgIpc) is 3.12. The van der Waals surface area contributed by atoms with Gasteiger partial charge in [0.05, 0.1) is 16.0 Å². The molecular formula is C25H25Cl2N5O4. The van der Waals surface area contributed by atoms with Crippen LogP contribution in [0.1, 0.15) is 34.6 Å². The first-order valence-corrected chi connectivity index (χ1v) is 11.9. The molecule has 0 fully saturated rings. The zero-order valence-electron chi connectivity index (χ0n) is 20.4. The van der Waals surface area contributed by atoms with Crippen LogP contribution in [-0.2, 0) is 4.74 Å². The number of rotatable bonds is 4. The Hall–Kier alpha value is -3.69. The van der Waals surface area contributed by atoms with Crippen molar-refractivity contribution in [2.24, 2.45) is 0 Å². The minimum Gasteiger partial charge on any atom is -0.444 e. The number of non-ortho nitro benzene ring substituents is 1. The third kappa shape index (κ3) is 5.75. The molecule has 9 nitrogen and oxygen atoms in total. The first-order chi connectivity index (χ1) is 17.0. The highest BCUT2D eigenvalue weighted by Crippen LogP contribution is 2.42. The predicted molar refractivity (Wildman–Crippen MR) is 142 cm³/mol. The minimum atomic E-state index is -0.720. The maximum absolute atomic E-state index is 12.5. The summed E-state index contributed by atoms with van der Waals surface area (Å²) in [5, 5.41) is 15.2. The Morgan fingerprint density at radius 1 is 1.08 bits per heavy atom. The number of ether oxygens (including phenoxy) is 1. The fraction of sp³-hybridized carbons (Fsp3) is 0.240. The second-order valence-corrected chi connectivity index (χ2v) is 9.13. The number of nitro groups is 1. The van der Waals surface area contributed by atoms with Gasteiger partial charge in [0.1, 0.15) is 22.9 Å². The summed E-state index contributed by atoms with van der Waals surface area (Å²) in [5.41, 5.74) is 1.14. The highest BCUT2D eigenvalue weighted by Gasteiger charge is 2.25. The lowest BCUT2D eigenvalue weighted by atomic mass is 10.1. The number of anilines is 1. The summed E-state index contributed by atoms with van der Waals surface area (Å²) in [5.74, 6) is 0.176. The molecule has 0 aliphatic carbocycles. The number of nitrogens with zero attached hydrogens (tertiary/aromatic N) is 4. The van der Waals surface area contributed by atoms with Gasteiger partial charge < -0.3 is 4.74 Å². The second-order valence-electron chi connectivity index (χ2n) is 8.33. The number of halogens is 2. The number of aromatic nitrogens is 3. The van der Waals surface area contributed by atoms with Gasteiger partial charge in [0.25, 0.3) is 5.69 Å². The third-order valence-corrected chi connectivity index (χ3v) is 5.35. The van der Waals surface area contributed by atoms with Gasteiger partial charge in [-0.15, -0.1) is 0 Å². The molecule has 1 amide bonds. The number of nitro benzene ring substituents is 1.